The fourth-order valence-electron chi connectivity index (χ4n) is 2.56. The van der Waals surface area contributed by atoms with E-state index in [0.29, 0.717) is 11.7 Å². The van der Waals surface area contributed by atoms with Gasteiger partial charge in [-0.05, 0) is 24.3 Å². The van der Waals surface area contributed by atoms with E-state index in [1.807, 2.05) is 31.4 Å². The fourth-order valence-corrected chi connectivity index (χ4v) is 3.29. The number of carbonyl (C=O) groups is 2. The van der Waals surface area contributed by atoms with E-state index < -0.39 is 6.04 Å². The van der Waals surface area contributed by atoms with Gasteiger partial charge in [-0.2, -0.15) is 0 Å². The van der Waals surface area contributed by atoms with Crippen LogP contribution in [0.3, 0.4) is 0 Å². The van der Waals surface area contributed by atoms with Crippen molar-refractivity contribution in [3.05, 3.63) is 35.2 Å². The van der Waals surface area contributed by atoms with Crippen LogP contribution in [0.5, 0.6) is 0 Å². The first-order valence-electron chi connectivity index (χ1n) is 9.26. The maximum absolute atomic E-state index is 12.2. The number of thiazole rings is 1. The largest absolute Gasteiger partial charge is 0.356 e. The Morgan fingerprint density at radius 1 is 1.25 bits per heavy atom. The number of nitrogens with two attached hydrogens (primary N) is 1. The van der Waals surface area contributed by atoms with Crippen LogP contribution in [0.2, 0.25) is 0 Å². The summed E-state index contributed by atoms with van der Waals surface area (Å²) in [5.74, 6) is -0.0655. The summed E-state index contributed by atoms with van der Waals surface area (Å²) in [4.78, 5) is 27.5. The molecule has 1 aromatic heterocycles. The molecule has 0 aliphatic heterocycles. The quantitative estimate of drug-likeness (QED) is 0.535. The lowest BCUT2D eigenvalue weighted by atomic mass is 10.00. The average molecular weight is 425 g/mol. The van der Waals surface area contributed by atoms with Crippen molar-refractivity contribution >= 4 is 40.7 Å². The van der Waals surface area contributed by atoms with E-state index in [4.69, 9.17) is 5.73 Å². The monoisotopic (exact) mass is 424 g/mol. The van der Waals surface area contributed by atoms with Gasteiger partial charge >= 0.3 is 0 Å². The zero-order valence-electron chi connectivity index (χ0n) is 16.5. The number of amides is 2. The Bertz CT molecular complexity index is 764. The summed E-state index contributed by atoms with van der Waals surface area (Å²) in [6.07, 6.45) is 2.67. The third-order valence-electron chi connectivity index (χ3n) is 4.56. The van der Waals surface area contributed by atoms with E-state index in [0.717, 1.165) is 30.5 Å². The number of rotatable bonds is 9. The van der Waals surface area contributed by atoms with Crippen LogP contribution < -0.4 is 16.4 Å². The van der Waals surface area contributed by atoms with Crippen molar-refractivity contribution in [1.82, 2.24) is 10.3 Å². The number of halogens is 1. The molecular formula is C20H29ClN4O2S. The van der Waals surface area contributed by atoms with Crippen LogP contribution in [0.15, 0.2) is 29.6 Å². The smallest absolute Gasteiger partial charge is 0.243 e. The van der Waals surface area contributed by atoms with Crippen molar-refractivity contribution in [3.63, 3.8) is 0 Å². The van der Waals surface area contributed by atoms with E-state index in [2.05, 4.69) is 27.8 Å². The minimum absolute atomic E-state index is 0. The van der Waals surface area contributed by atoms with Crippen molar-refractivity contribution in [1.29, 1.82) is 0 Å². The SMILES string of the molecule is CCC(C)C(N)C(=O)Nc1nc(-c2ccc(CCCNC(C)=O)cc2)cs1.Cl. The second kappa shape index (κ2) is 11.8. The topological polar surface area (TPSA) is 97.1 Å². The predicted octanol–water partition coefficient (Wildman–Crippen LogP) is 3.61. The summed E-state index contributed by atoms with van der Waals surface area (Å²) in [5.41, 5.74) is 9.01. The molecule has 2 aromatic rings. The number of hydrogen-bond acceptors (Lipinski definition) is 5. The standard InChI is InChI=1S/C20H28N4O2S.ClH/c1-4-13(2)18(21)19(26)24-20-23-17(12-27-20)16-9-7-15(8-10-16)6-5-11-22-14(3)25;/h7-10,12-13,18H,4-6,11,21H2,1-3H3,(H,22,25)(H,23,24,26);1H. The number of aryl methyl sites for hydroxylation is 1. The van der Waals surface area contributed by atoms with Gasteiger partial charge in [0.1, 0.15) is 0 Å². The summed E-state index contributed by atoms with van der Waals surface area (Å²) in [5, 5.41) is 8.10. The van der Waals surface area contributed by atoms with Crippen molar-refractivity contribution in [2.24, 2.45) is 11.7 Å². The first kappa shape index (κ1) is 24.1. The highest BCUT2D eigenvalue weighted by atomic mass is 35.5. The Morgan fingerprint density at radius 2 is 1.93 bits per heavy atom. The maximum Gasteiger partial charge on any atom is 0.243 e. The number of nitrogens with zero attached hydrogens (tertiary/aromatic N) is 1. The van der Waals surface area contributed by atoms with Gasteiger partial charge in [0.25, 0.3) is 0 Å². The van der Waals surface area contributed by atoms with Crippen molar-refractivity contribution in [2.45, 2.75) is 46.1 Å². The molecule has 4 N–H and O–H groups in total. The molecule has 1 aromatic carbocycles. The highest BCUT2D eigenvalue weighted by Gasteiger charge is 2.20. The van der Waals surface area contributed by atoms with E-state index >= 15 is 0 Å². The van der Waals surface area contributed by atoms with Crippen molar-refractivity contribution in [2.75, 3.05) is 11.9 Å². The predicted molar refractivity (Wildman–Crippen MR) is 118 cm³/mol. The molecule has 8 heteroatoms. The summed E-state index contributed by atoms with van der Waals surface area (Å²) in [6.45, 7) is 6.19. The second-order valence-electron chi connectivity index (χ2n) is 6.72. The minimum Gasteiger partial charge on any atom is -0.356 e. The molecule has 0 saturated carbocycles. The molecule has 2 atom stereocenters. The number of hydrogen-bond donors (Lipinski definition) is 3. The number of anilines is 1. The lowest BCUT2D eigenvalue weighted by Crippen LogP contribution is -2.40. The van der Waals surface area contributed by atoms with E-state index in [-0.39, 0.29) is 30.1 Å². The molecule has 0 spiro atoms. The number of benzene rings is 1. The maximum atomic E-state index is 12.2. The van der Waals surface area contributed by atoms with Gasteiger partial charge in [-0.1, -0.05) is 44.5 Å². The third-order valence-corrected chi connectivity index (χ3v) is 5.32. The van der Waals surface area contributed by atoms with Gasteiger partial charge in [0.2, 0.25) is 11.8 Å². The highest BCUT2D eigenvalue weighted by Crippen LogP contribution is 2.25. The van der Waals surface area contributed by atoms with Gasteiger partial charge in [-0.15, -0.1) is 23.7 Å². The van der Waals surface area contributed by atoms with Gasteiger partial charge in [-0.25, -0.2) is 4.98 Å². The Morgan fingerprint density at radius 3 is 2.54 bits per heavy atom. The molecule has 154 valence electrons. The average Bonchev–Trinajstić information content (AvgIpc) is 3.12. The van der Waals surface area contributed by atoms with Gasteiger partial charge in [0, 0.05) is 24.4 Å². The van der Waals surface area contributed by atoms with E-state index in [1.54, 1.807) is 0 Å². The van der Waals surface area contributed by atoms with E-state index in [1.165, 1.54) is 23.8 Å². The molecule has 0 radical (unpaired) electrons. The van der Waals surface area contributed by atoms with Crippen molar-refractivity contribution in [3.8, 4) is 11.3 Å². The lowest BCUT2D eigenvalue weighted by molar-refractivity contribution is -0.119. The van der Waals surface area contributed by atoms with E-state index in [9.17, 15) is 9.59 Å². The third kappa shape index (κ3) is 7.22. The Balaban J connectivity index is 0.00000392. The summed E-state index contributed by atoms with van der Waals surface area (Å²) >= 11 is 1.39. The Labute approximate surface area is 176 Å². The molecule has 2 rings (SSSR count). The van der Waals surface area contributed by atoms with Crippen LogP contribution in [0.25, 0.3) is 11.3 Å². The molecule has 2 unspecified atom stereocenters. The molecule has 28 heavy (non-hydrogen) atoms. The first-order valence-corrected chi connectivity index (χ1v) is 10.1. The van der Waals surface area contributed by atoms with Crippen molar-refractivity contribution < 1.29 is 9.59 Å². The van der Waals surface area contributed by atoms with Crippen LogP contribution >= 0.6 is 23.7 Å². The molecule has 0 saturated heterocycles. The first-order chi connectivity index (χ1) is 12.9. The minimum atomic E-state index is -0.529. The highest BCUT2D eigenvalue weighted by molar-refractivity contribution is 7.14. The fraction of sp³-hybridized carbons (Fsp3) is 0.450. The summed E-state index contributed by atoms with van der Waals surface area (Å²) in [6, 6.07) is 7.66. The van der Waals surface area contributed by atoms with Gasteiger partial charge in [-0.3, -0.25) is 9.59 Å². The van der Waals surface area contributed by atoms with Crippen LogP contribution in [-0.4, -0.2) is 29.4 Å². The summed E-state index contributed by atoms with van der Waals surface area (Å²) < 4.78 is 0. The van der Waals surface area contributed by atoms with Crippen LogP contribution in [0, 0.1) is 5.92 Å². The normalized spacial score (nSPS) is 12.6. The van der Waals surface area contributed by atoms with Gasteiger partial charge in [0.15, 0.2) is 5.13 Å². The zero-order valence-corrected chi connectivity index (χ0v) is 18.2. The molecule has 0 aliphatic carbocycles. The molecular weight excluding hydrogens is 396 g/mol. The molecule has 0 fully saturated rings. The zero-order chi connectivity index (χ0) is 19.8. The van der Waals surface area contributed by atoms with Crippen LogP contribution in [0.4, 0.5) is 5.13 Å². The lowest BCUT2D eigenvalue weighted by Gasteiger charge is -2.16. The molecule has 6 nitrogen and oxygen atoms in total. The molecule has 2 amide bonds. The second-order valence-corrected chi connectivity index (χ2v) is 7.58. The van der Waals surface area contributed by atoms with Gasteiger partial charge < -0.3 is 16.4 Å². The number of aromatic nitrogens is 1. The Hall–Kier alpha value is -1.96. The number of carbonyl (C=O) groups excluding carboxylic acids is 2. The molecule has 0 bridgehead atoms. The van der Waals surface area contributed by atoms with Gasteiger partial charge in [0.05, 0.1) is 11.7 Å². The molecule has 0 aliphatic rings. The van der Waals surface area contributed by atoms with Crippen LogP contribution in [0.1, 0.15) is 39.2 Å². The Kier molecular flexibility index (Phi) is 10.1. The number of nitrogens with one attached hydrogen (secondary N) is 2. The molecule has 1 heterocycles. The van der Waals surface area contributed by atoms with Crippen LogP contribution in [-0.2, 0) is 16.0 Å². The summed E-state index contributed by atoms with van der Waals surface area (Å²) in [7, 11) is 0.